The van der Waals surface area contributed by atoms with Crippen molar-refractivity contribution in [2.24, 2.45) is 0 Å². The molecule has 0 aromatic heterocycles. The summed E-state index contributed by atoms with van der Waals surface area (Å²) < 4.78 is 32.5. The number of hydrogen-bond acceptors (Lipinski definition) is 4. The summed E-state index contributed by atoms with van der Waals surface area (Å²) in [6.45, 7) is 7.10. The van der Waals surface area contributed by atoms with Gasteiger partial charge in [-0.3, -0.25) is 4.79 Å². The molecule has 0 radical (unpaired) electrons. The normalized spacial score (nSPS) is 16.4. The van der Waals surface area contributed by atoms with Gasteiger partial charge in [-0.05, 0) is 50.1 Å². The Kier molecular flexibility index (Phi) is 6.63. The number of carbonyl (C=O) groups is 1. The van der Waals surface area contributed by atoms with Crippen molar-refractivity contribution >= 4 is 27.5 Å². The van der Waals surface area contributed by atoms with E-state index in [0.29, 0.717) is 13.2 Å². The van der Waals surface area contributed by atoms with Crippen molar-refractivity contribution in [1.82, 2.24) is 9.62 Å². The average molecular weight is 437 g/mol. The number of rotatable bonds is 5. The monoisotopic (exact) mass is 436 g/mol. The molecule has 29 heavy (non-hydrogen) atoms. The van der Waals surface area contributed by atoms with E-state index in [9.17, 15) is 13.2 Å². The Morgan fingerprint density at radius 2 is 1.83 bits per heavy atom. The Labute approximate surface area is 176 Å². The van der Waals surface area contributed by atoms with Crippen molar-refractivity contribution in [2.75, 3.05) is 26.3 Å². The second-order valence-corrected chi connectivity index (χ2v) is 9.53. The van der Waals surface area contributed by atoms with Crippen molar-refractivity contribution in [1.29, 1.82) is 0 Å². The number of amides is 1. The number of sulfonamides is 1. The smallest absolute Gasteiger partial charge is 0.251 e. The highest BCUT2D eigenvalue weighted by molar-refractivity contribution is 7.89. The van der Waals surface area contributed by atoms with E-state index in [-0.39, 0.29) is 40.5 Å². The second-order valence-electron chi connectivity index (χ2n) is 7.22. The zero-order valence-corrected chi connectivity index (χ0v) is 18.3. The predicted molar refractivity (Wildman–Crippen MR) is 113 cm³/mol. The van der Waals surface area contributed by atoms with Crippen LogP contribution in [0.2, 0.25) is 5.02 Å². The molecule has 0 saturated carbocycles. The van der Waals surface area contributed by atoms with E-state index < -0.39 is 10.0 Å². The summed E-state index contributed by atoms with van der Waals surface area (Å²) >= 11 is 6.18. The van der Waals surface area contributed by atoms with Crippen LogP contribution >= 0.6 is 11.6 Å². The van der Waals surface area contributed by atoms with Gasteiger partial charge in [0.15, 0.2) is 0 Å². The first-order chi connectivity index (χ1) is 13.7. The number of halogens is 1. The average Bonchev–Trinajstić information content (AvgIpc) is 2.70. The molecule has 1 saturated heterocycles. The number of hydrogen-bond donors (Lipinski definition) is 1. The van der Waals surface area contributed by atoms with Crippen molar-refractivity contribution < 1.29 is 17.9 Å². The summed E-state index contributed by atoms with van der Waals surface area (Å²) in [7, 11) is -3.80. The Balaban J connectivity index is 1.85. The fourth-order valence-electron chi connectivity index (χ4n) is 3.35. The van der Waals surface area contributed by atoms with Gasteiger partial charge in [-0.25, -0.2) is 8.42 Å². The van der Waals surface area contributed by atoms with Gasteiger partial charge in [0.25, 0.3) is 5.91 Å². The molecule has 1 heterocycles. The Morgan fingerprint density at radius 1 is 1.14 bits per heavy atom. The minimum atomic E-state index is -3.80. The molecule has 1 fully saturated rings. The summed E-state index contributed by atoms with van der Waals surface area (Å²) in [6, 6.07) is 10.2. The third kappa shape index (κ3) is 4.80. The van der Waals surface area contributed by atoms with Crippen LogP contribution < -0.4 is 5.32 Å². The number of benzene rings is 2. The molecule has 1 aliphatic heterocycles. The zero-order chi connectivity index (χ0) is 21.2. The zero-order valence-electron chi connectivity index (χ0n) is 16.7. The molecule has 2 aromatic rings. The maximum absolute atomic E-state index is 13.0. The van der Waals surface area contributed by atoms with E-state index in [1.54, 1.807) is 0 Å². The molecule has 1 aliphatic rings. The maximum Gasteiger partial charge on any atom is 0.251 e. The third-order valence-electron chi connectivity index (χ3n) is 5.03. The number of nitrogens with zero attached hydrogens (tertiary/aromatic N) is 1. The first-order valence-corrected chi connectivity index (χ1v) is 11.3. The molecular formula is C21H25ClN2O4S. The summed E-state index contributed by atoms with van der Waals surface area (Å²) in [5.74, 6) is -0.353. The van der Waals surface area contributed by atoms with Crippen LogP contribution in [0, 0.1) is 13.8 Å². The highest BCUT2D eigenvalue weighted by atomic mass is 35.5. The highest BCUT2D eigenvalue weighted by Gasteiger charge is 2.29. The molecule has 0 bridgehead atoms. The number of aryl methyl sites for hydroxylation is 2. The van der Waals surface area contributed by atoms with Crippen LogP contribution in [0.1, 0.15) is 40.0 Å². The topological polar surface area (TPSA) is 75.7 Å². The minimum Gasteiger partial charge on any atom is -0.379 e. The van der Waals surface area contributed by atoms with E-state index >= 15 is 0 Å². The first kappa shape index (κ1) is 21.8. The van der Waals surface area contributed by atoms with E-state index in [1.807, 2.05) is 39.0 Å². The van der Waals surface area contributed by atoms with Crippen LogP contribution in [-0.4, -0.2) is 44.9 Å². The van der Waals surface area contributed by atoms with Crippen molar-refractivity contribution in [3.63, 3.8) is 0 Å². The molecule has 6 nitrogen and oxygen atoms in total. The molecule has 0 spiro atoms. The lowest BCUT2D eigenvalue weighted by Gasteiger charge is -2.26. The summed E-state index contributed by atoms with van der Waals surface area (Å²) in [4.78, 5) is 12.7. The van der Waals surface area contributed by atoms with Crippen molar-refractivity contribution in [3.05, 3.63) is 63.7 Å². The quantitative estimate of drug-likeness (QED) is 0.778. The molecule has 1 unspecified atom stereocenters. The molecule has 3 rings (SSSR count). The first-order valence-electron chi connectivity index (χ1n) is 9.45. The highest BCUT2D eigenvalue weighted by Crippen LogP contribution is 2.27. The number of ether oxygens (including phenoxy) is 1. The van der Waals surface area contributed by atoms with Gasteiger partial charge in [-0.15, -0.1) is 0 Å². The summed E-state index contributed by atoms with van der Waals surface area (Å²) in [6.07, 6.45) is 0. The summed E-state index contributed by atoms with van der Waals surface area (Å²) in [5.41, 5.74) is 3.46. The summed E-state index contributed by atoms with van der Waals surface area (Å²) in [5, 5.41) is 3.04. The molecule has 2 aromatic carbocycles. The van der Waals surface area contributed by atoms with Crippen molar-refractivity contribution in [3.8, 4) is 0 Å². The Hall–Kier alpha value is -1.93. The lowest BCUT2D eigenvalue weighted by atomic mass is 10.00. The van der Waals surface area contributed by atoms with Gasteiger partial charge in [0.05, 0.1) is 24.3 Å². The molecular weight excluding hydrogens is 412 g/mol. The van der Waals surface area contributed by atoms with Gasteiger partial charge in [0.1, 0.15) is 4.90 Å². The Bertz CT molecular complexity index is 1020. The van der Waals surface area contributed by atoms with Gasteiger partial charge >= 0.3 is 0 Å². The van der Waals surface area contributed by atoms with Crippen molar-refractivity contribution in [2.45, 2.75) is 31.7 Å². The van der Waals surface area contributed by atoms with Crippen LogP contribution in [0.25, 0.3) is 0 Å². The van der Waals surface area contributed by atoms with Gasteiger partial charge in [-0.2, -0.15) is 4.31 Å². The molecule has 156 valence electrons. The molecule has 8 heteroatoms. The number of carbonyl (C=O) groups excluding carboxylic acids is 1. The van der Waals surface area contributed by atoms with Gasteiger partial charge in [0.2, 0.25) is 10.0 Å². The number of morpholine rings is 1. The van der Waals surface area contributed by atoms with Crippen LogP contribution in [0.4, 0.5) is 0 Å². The third-order valence-corrected chi connectivity index (χ3v) is 7.41. The fraction of sp³-hybridized carbons (Fsp3) is 0.381. The van der Waals surface area contributed by atoms with E-state index in [1.165, 1.54) is 22.5 Å². The van der Waals surface area contributed by atoms with Crippen LogP contribution in [0.15, 0.2) is 41.3 Å². The lowest BCUT2D eigenvalue weighted by molar-refractivity contribution is 0.0730. The largest absolute Gasteiger partial charge is 0.379 e. The Morgan fingerprint density at radius 3 is 2.52 bits per heavy atom. The van der Waals surface area contributed by atoms with Crippen LogP contribution in [-0.2, 0) is 14.8 Å². The van der Waals surface area contributed by atoms with E-state index in [0.717, 1.165) is 16.7 Å². The lowest BCUT2D eigenvalue weighted by Crippen LogP contribution is -2.40. The standard InChI is InChI=1S/C21H25ClN2O4S/c1-14-4-5-15(2)18(12-14)16(3)23-21(25)17-6-7-19(22)20(13-17)29(26,27)24-8-10-28-11-9-24/h4-7,12-13,16H,8-11H2,1-3H3,(H,23,25). The predicted octanol–water partition coefficient (Wildman–Crippen LogP) is 3.47. The number of nitrogens with one attached hydrogen (secondary N) is 1. The van der Waals surface area contributed by atoms with E-state index in [4.69, 9.17) is 16.3 Å². The molecule has 1 amide bonds. The SMILES string of the molecule is Cc1ccc(C)c(C(C)NC(=O)c2ccc(Cl)c(S(=O)(=O)N3CCOCC3)c2)c1. The second kappa shape index (κ2) is 8.83. The molecule has 0 aliphatic carbocycles. The van der Waals surface area contributed by atoms with E-state index in [2.05, 4.69) is 5.32 Å². The van der Waals surface area contributed by atoms with Crippen LogP contribution in [0.3, 0.4) is 0 Å². The fourth-order valence-corrected chi connectivity index (χ4v) is 5.26. The minimum absolute atomic E-state index is 0.0619. The molecule has 1 N–H and O–H groups in total. The van der Waals surface area contributed by atoms with Crippen LogP contribution in [0.5, 0.6) is 0 Å². The van der Waals surface area contributed by atoms with Gasteiger partial charge < -0.3 is 10.1 Å². The van der Waals surface area contributed by atoms with Gasteiger partial charge in [0, 0.05) is 18.7 Å². The van der Waals surface area contributed by atoms with Gasteiger partial charge in [-0.1, -0.05) is 35.4 Å². The maximum atomic E-state index is 13.0. The molecule has 1 atom stereocenters.